The number of carbonyl (C=O) groups is 1. The van der Waals surface area contributed by atoms with Crippen LogP contribution in [0.3, 0.4) is 0 Å². The van der Waals surface area contributed by atoms with Gasteiger partial charge in [0.05, 0.1) is 0 Å². The molecule has 0 radical (unpaired) electrons. The van der Waals surface area contributed by atoms with Crippen LogP contribution in [0.4, 0.5) is 0 Å². The zero-order valence-corrected chi connectivity index (χ0v) is 8.89. The van der Waals surface area contributed by atoms with Crippen LogP contribution in [0, 0.1) is 0 Å². The Morgan fingerprint density at radius 2 is 2.08 bits per heavy atom. The zero-order chi connectivity index (χ0) is 10.3. The lowest BCUT2D eigenvalue weighted by Crippen LogP contribution is -2.24. The Bertz CT molecular complexity index is 176. The van der Waals surface area contributed by atoms with E-state index in [0.717, 1.165) is 25.1 Å². The molecule has 76 valence electrons. The smallest absolute Gasteiger partial charge is 0.222 e. The molecule has 0 fully saturated rings. The Balaban J connectivity index is 3.26. The first-order chi connectivity index (χ1) is 6.04. The van der Waals surface area contributed by atoms with Gasteiger partial charge in [0.1, 0.15) is 0 Å². The Morgan fingerprint density at radius 3 is 2.54 bits per heavy atom. The highest BCUT2D eigenvalue weighted by atomic mass is 16.2. The Kier molecular flexibility index (Phi) is 6.24. The minimum Gasteiger partial charge on any atom is -0.349 e. The number of carbonyl (C=O) groups excluding carboxylic acids is 1. The van der Waals surface area contributed by atoms with Crippen LogP contribution in [0.25, 0.3) is 0 Å². The average Bonchev–Trinajstić information content (AvgIpc) is 2.02. The molecule has 0 spiro atoms. The summed E-state index contributed by atoms with van der Waals surface area (Å²) in [6.45, 7) is 7.49. The second kappa shape index (κ2) is 6.66. The fourth-order valence-electron chi connectivity index (χ4n) is 0.890. The van der Waals surface area contributed by atoms with E-state index in [1.807, 2.05) is 6.92 Å². The van der Waals surface area contributed by atoms with Crippen molar-refractivity contribution in [3.63, 3.8) is 0 Å². The van der Waals surface area contributed by atoms with Gasteiger partial charge < -0.3 is 10.2 Å². The molecule has 0 aromatic carbocycles. The van der Waals surface area contributed by atoms with E-state index in [1.54, 1.807) is 19.0 Å². The summed E-state index contributed by atoms with van der Waals surface area (Å²) >= 11 is 0. The first kappa shape index (κ1) is 12.2. The predicted molar refractivity (Wildman–Crippen MR) is 55.6 cm³/mol. The maximum absolute atomic E-state index is 11.1. The molecule has 0 saturated carbocycles. The molecule has 0 aliphatic rings. The van der Waals surface area contributed by atoms with Gasteiger partial charge in [0, 0.05) is 27.1 Å². The molecule has 1 amide bonds. The topological polar surface area (TPSA) is 32.3 Å². The molecular formula is C10H20N2O. The number of rotatable bonds is 6. The van der Waals surface area contributed by atoms with Crippen LogP contribution < -0.4 is 5.32 Å². The Labute approximate surface area is 80.8 Å². The van der Waals surface area contributed by atoms with Gasteiger partial charge in [0.2, 0.25) is 5.91 Å². The van der Waals surface area contributed by atoms with Crippen molar-refractivity contribution in [2.75, 3.05) is 27.2 Å². The Morgan fingerprint density at radius 1 is 1.46 bits per heavy atom. The van der Waals surface area contributed by atoms with E-state index in [2.05, 4.69) is 11.9 Å². The number of nitrogens with zero attached hydrogens (tertiary/aromatic N) is 1. The molecule has 0 aliphatic carbocycles. The number of amides is 1. The lowest BCUT2D eigenvalue weighted by molar-refractivity contribution is -0.128. The van der Waals surface area contributed by atoms with Gasteiger partial charge in [-0.15, -0.1) is 0 Å². The van der Waals surface area contributed by atoms with Crippen LogP contribution in [0.2, 0.25) is 0 Å². The first-order valence-corrected chi connectivity index (χ1v) is 4.59. The predicted octanol–water partition coefficient (Wildman–Crippen LogP) is 1.02. The summed E-state index contributed by atoms with van der Waals surface area (Å²) in [6.07, 6.45) is 1.51. The molecular weight excluding hydrogens is 164 g/mol. The molecule has 0 saturated heterocycles. The highest BCUT2D eigenvalue weighted by Crippen LogP contribution is 1.92. The van der Waals surface area contributed by atoms with Gasteiger partial charge in [-0.05, 0) is 19.9 Å². The normalized spacial score (nSPS) is 9.77. The van der Waals surface area contributed by atoms with Crippen molar-refractivity contribution in [2.24, 2.45) is 0 Å². The maximum atomic E-state index is 11.1. The van der Waals surface area contributed by atoms with Gasteiger partial charge in [0.15, 0.2) is 0 Å². The molecule has 0 aromatic heterocycles. The molecule has 13 heavy (non-hydrogen) atoms. The van der Waals surface area contributed by atoms with Crippen molar-refractivity contribution in [1.82, 2.24) is 10.2 Å². The molecule has 0 unspecified atom stereocenters. The van der Waals surface area contributed by atoms with Crippen molar-refractivity contribution in [3.05, 3.63) is 12.2 Å². The second-order valence-corrected chi connectivity index (χ2v) is 3.53. The lowest BCUT2D eigenvalue weighted by atomic mass is 10.2. The van der Waals surface area contributed by atoms with Crippen molar-refractivity contribution in [3.8, 4) is 0 Å². The summed E-state index contributed by atoms with van der Waals surface area (Å²) < 4.78 is 0. The largest absolute Gasteiger partial charge is 0.349 e. The third kappa shape index (κ3) is 7.53. The van der Waals surface area contributed by atoms with Gasteiger partial charge >= 0.3 is 0 Å². The van der Waals surface area contributed by atoms with Crippen LogP contribution in [-0.2, 0) is 4.79 Å². The third-order valence-corrected chi connectivity index (χ3v) is 1.67. The van der Waals surface area contributed by atoms with Crippen LogP contribution >= 0.6 is 0 Å². The van der Waals surface area contributed by atoms with Crippen LogP contribution in [-0.4, -0.2) is 38.0 Å². The van der Waals surface area contributed by atoms with Gasteiger partial charge in [-0.3, -0.25) is 4.79 Å². The van der Waals surface area contributed by atoms with E-state index in [9.17, 15) is 4.79 Å². The van der Waals surface area contributed by atoms with Crippen molar-refractivity contribution in [2.45, 2.75) is 19.8 Å². The zero-order valence-electron chi connectivity index (χ0n) is 8.89. The van der Waals surface area contributed by atoms with Crippen LogP contribution in [0.5, 0.6) is 0 Å². The van der Waals surface area contributed by atoms with Gasteiger partial charge in [0.25, 0.3) is 0 Å². The Hall–Kier alpha value is -0.830. The molecule has 0 aliphatic heterocycles. The second-order valence-electron chi connectivity index (χ2n) is 3.53. The van der Waals surface area contributed by atoms with E-state index >= 15 is 0 Å². The van der Waals surface area contributed by atoms with Crippen molar-refractivity contribution < 1.29 is 4.79 Å². The van der Waals surface area contributed by atoms with Gasteiger partial charge in [-0.1, -0.05) is 12.2 Å². The highest BCUT2D eigenvalue weighted by Gasteiger charge is 2.01. The molecule has 3 nitrogen and oxygen atoms in total. The SMILES string of the molecule is C=C(C)CNCCCC(=O)N(C)C. The summed E-state index contributed by atoms with van der Waals surface area (Å²) in [5, 5.41) is 3.21. The molecule has 0 aromatic rings. The van der Waals surface area contributed by atoms with Gasteiger partial charge in [-0.2, -0.15) is 0 Å². The summed E-state index contributed by atoms with van der Waals surface area (Å²) in [5.74, 6) is 0.192. The number of nitrogens with one attached hydrogen (secondary N) is 1. The van der Waals surface area contributed by atoms with Crippen LogP contribution in [0.15, 0.2) is 12.2 Å². The highest BCUT2D eigenvalue weighted by molar-refractivity contribution is 5.75. The molecule has 3 heteroatoms. The van der Waals surface area contributed by atoms with E-state index in [-0.39, 0.29) is 5.91 Å². The average molecular weight is 184 g/mol. The third-order valence-electron chi connectivity index (χ3n) is 1.67. The van der Waals surface area contributed by atoms with E-state index in [4.69, 9.17) is 0 Å². The number of hydrogen-bond donors (Lipinski definition) is 1. The maximum Gasteiger partial charge on any atom is 0.222 e. The van der Waals surface area contributed by atoms with Crippen molar-refractivity contribution in [1.29, 1.82) is 0 Å². The van der Waals surface area contributed by atoms with Crippen LogP contribution in [0.1, 0.15) is 19.8 Å². The van der Waals surface area contributed by atoms with Crippen molar-refractivity contribution >= 4 is 5.91 Å². The monoisotopic (exact) mass is 184 g/mol. The van der Waals surface area contributed by atoms with E-state index < -0.39 is 0 Å². The molecule has 0 rings (SSSR count). The molecule has 0 bridgehead atoms. The summed E-state index contributed by atoms with van der Waals surface area (Å²) in [4.78, 5) is 12.7. The summed E-state index contributed by atoms with van der Waals surface area (Å²) in [5.41, 5.74) is 1.12. The quantitative estimate of drug-likeness (QED) is 0.494. The first-order valence-electron chi connectivity index (χ1n) is 4.59. The minimum absolute atomic E-state index is 0.192. The molecule has 1 N–H and O–H groups in total. The molecule has 0 heterocycles. The summed E-state index contributed by atoms with van der Waals surface area (Å²) in [6, 6.07) is 0. The lowest BCUT2D eigenvalue weighted by Gasteiger charge is -2.09. The summed E-state index contributed by atoms with van der Waals surface area (Å²) in [7, 11) is 3.56. The van der Waals surface area contributed by atoms with E-state index in [1.165, 1.54) is 0 Å². The minimum atomic E-state index is 0.192. The fraction of sp³-hybridized carbons (Fsp3) is 0.700. The van der Waals surface area contributed by atoms with Gasteiger partial charge in [-0.25, -0.2) is 0 Å². The standard InChI is InChI=1S/C10H20N2O/c1-9(2)8-11-7-5-6-10(13)12(3)4/h11H,1,5-8H2,2-4H3. The molecule has 0 atom stereocenters. The van der Waals surface area contributed by atoms with E-state index in [0.29, 0.717) is 6.42 Å². The fourth-order valence-corrected chi connectivity index (χ4v) is 0.890. The number of hydrogen-bond acceptors (Lipinski definition) is 2.